The Morgan fingerprint density at radius 1 is 1.12 bits per heavy atom. The lowest BCUT2D eigenvalue weighted by Gasteiger charge is -2.34. The van der Waals surface area contributed by atoms with Gasteiger partial charge in [-0.1, -0.05) is 48.0 Å². The van der Waals surface area contributed by atoms with Gasteiger partial charge in [-0.3, -0.25) is 9.59 Å². The monoisotopic (exact) mass is 334 g/mol. The number of hydrogen-bond acceptors (Lipinski definition) is 2. The molecule has 4 heteroatoms. The fourth-order valence-corrected chi connectivity index (χ4v) is 3.28. The molecule has 0 aliphatic carbocycles. The van der Waals surface area contributed by atoms with E-state index in [0.29, 0.717) is 13.0 Å². The summed E-state index contributed by atoms with van der Waals surface area (Å²) < 4.78 is 0. The van der Waals surface area contributed by atoms with Crippen LogP contribution in [0.1, 0.15) is 27.8 Å². The van der Waals surface area contributed by atoms with Crippen molar-refractivity contribution in [2.45, 2.75) is 32.9 Å². The van der Waals surface area contributed by atoms with E-state index >= 15 is 0 Å². The molecule has 1 aliphatic heterocycles. The molecule has 2 aromatic rings. The largest absolute Gasteiger partial charge is 0.368 e. The Morgan fingerprint density at radius 2 is 1.84 bits per heavy atom. The van der Waals surface area contributed by atoms with Gasteiger partial charge in [-0.2, -0.15) is 0 Å². The molecule has 3 rings (SSSR count). The smallest absolute Gasteiger partial charge is 0.247 e. The third-order valence-electron chi connectivity index (χ3n) is 4.69. The summed E-state index contributed by atoms with van der Waals surface area (Å²) in [6.07, 6.45) is 3.80. The number of nitrogens with zero attached hydrogens (tertiary/aromatic N) is 1. The third-order valence-corrected chi connectivity index (χ3v) is 4.69. The number of hydrogen-bond donors (Lipinski definition) is 1. The highest BCUT2D eigenvalue weighted by Gasteiger charge is 2.32. The molecular formula is C21H22N2O2. The zero-order valence-corrected chi connectivity index (χ0v) is 14.5. The Kier molecular flexibility index (Phi) is 4.70. The van der Waals surface area contributed by atoms with E-state index in [2.05, 4.69) is 6.07 Å². The molecule has 1 unspecified atom stereocenters. The molecule has 1 atom stereocenters. The zero-order valence-electron chi connectivity index (χ0n) is 14.5. The summed E-state index contributed by atoms with van der Waals surface area (Å²) in [5.41, 5.74) is 11.0. The molecule has 25 heavy (non-hydrogen) atoms. The molecule has 2 aromatic carbocycles. The van der Waals surface area contributed by atoms with E-state index in [0.717, 1.165) is 22.3 Å². The van der Waals surface area contributed by atoms with Crippen LogP contribution < -0.4 is 5.73 Å². The van der Waals surface area contributed by atoms with Gasteiger partial charge >= 0.3 is 0 Å². The molecule has 0 spiro atoms. The number of carbonyl (C=O) groups excluding carboxylic acids is 2. The second-order valence-electron chi connectivity index (χ2n) is 6.55. The molecule has 0 bridgehead atoms. The van der Waals surface area contributed by atoms with Gasteiger partial charge in [0.25, 0.3) is 0 Å². The third kappa shape index (κ3) is 3.63. The number of aryl methyl sites for hydroxylation is 2. The number of rotatable bonds is 3. The summed E-state index contributed by atoms with van der Waals surface area (Å²) >= 11 is 0. The minimum Gasteiger partial charge on any atom is -0.368 e. The van der Waals surface area contributed by atoms with Gasteiger partial charge in [-0.05, 0) is 42.2 Å². The standard InChI is InChI=1S/C21H22N2O2/c1-14-7-8-16(15(2)11-14)9-10-20(24)23-13-18-6-4-3-5-17(18)12-19(23)21(22)25/h3-11,19H,12-13H2,1-2H3,(H2,22,25)/b10-9+. The van der Waals surface area contributed by atoms with Gasteiger partial charge in [-0.25, -0.2) is 0 Å². The normalized spacial score (nSPS) is 16.7. The minimum absolute atomic E-state index is 0.196. The first-order valence-electron chi connectivity index (χ1n) is 8.38. The van der Waals surface area contributed by atoms with Crippen molar-refractivity contribution in [3.63, 3.8) is 0 Å². The number of primary amides is 1. The van der Waals surface area contributed by atoms with E-state index in [1.165, 1.54) is 11.6 Å². The Morgan fingerprint density at radius 3 is 2.52 bits per heavy atom. The highest BCUT2D eigenvalue weighted by Crippen LogP contribution is 2.24. The van der Waals surface area contributed by atoms with E-state index in [1.54, 1.807) is 11.0 Å². The first kappa shape index (κ1) is 17.0. The summed E-state index contributed by atoms with van der Waals surface area (Å²) in [5.74, 6) is -0.666. The van der Waals surface area contributed by atoms with Gasteiger partial charge < -0.3 is 10.6 Å². The fourth-order valence-electron chi connectivity index (χ4n) is 3.28. The molecule has 1 aliphatic rings. The molecule has 2 N–H and O–H groups in total. The fraction of sp³-hybridized carbons (Fsp3) is 0.238. The Balaban J connectivity index is 1.84. The van der Waals surface area contributed by atoms with E-state index in [4.69, 9.17) is 5.73 Å². The predicted molar refractivity (Wildman–Crippen MR) is 98.6 cm³/mol. The number of fused-ring (bicyclic) bond motifs is 1. The van der Waals surface area contributed by atoms with Crippen LogP contribution in [-0.4, -0.2) is 22.8 Å². The van der Waals surface area contributed by atoms with E-state index in [9.17, 15) is 9.59 Å². The van der Waals surface area contributed by atoms with Crippen molar-refractivity contribution in [2.75, 3.05) is 0 Å². The van der Waals surface area contributed by atoms with Crippen molar-refractivity contribution in [1.29, 1.82) is 0 Å². The number of carbonyl (C=O) groups is 2. The maximum absolute atomic E-state index is 12.7. The van der Waals surface area contributed by atoms with Crippen LogP contribution in [0.2, 0.25) is 0 Å². The predicted octanol–water partition coefficient (Wildman–Crippen LogP) is 2.76. The number of amides is 2. The van der Waals surface area contributed by atoms with E-state index < -0.39 is 11.9 Å². The molecule has 0 fully saturated rings. The topological polar surface area (TPSA) is 63.4 Å². The minimum atomic E-state index is -0.605. The van der Waals surface area contributed by atoms with Crippen LogP contribution in [0.5, 0.6) is 0 Å². The molecule has 2 amide bonds. The Labute approximate surface area is 148 Å². The first-order chi connectivity index (χ1) is 12.0. The second kappa shape index (κ2) is 6.93. The zero-order chi connectivity index (χ0) is 18.0. The van der Waals surface area contributed by atoms with Crippen LogP contribution in [0.15, 0.2) is 48.5 Å². The van der Waals surface area contributed by atoms with Crippen molar-refractivity contribution in [3.8, 4) is 0 Å². The summed E-state index contributed by atoms with van der Waals surface area (Å²) in [5, 5.41) is 0. The molecule has 1 heterocycles. The van der Waals surface area contributed by atoms with E-state index in [1.807, 2.05) is 50.2 Å². The number of benzene rings is 2. The summed E-state index contributed by atoms with van der Waals surface area (Å²) in [7, 11) is 0. The first-order valence-corrected chi connectivity index (χ1v) is 8.38. The van der Waals surface area contributed by atoms with Crippen molar-refractivity contribution in [3.05, 3.63) is 76.4 Å². The van der Waals surface area contributed by atoms with Crippen LogP contribution in [0.25, 0.3) is 6.08 Å². The van der Waals surface area contributed by atoms with E-state index in [-0.39, 0.29) is 5.91 Å². The molecular weight excluding hydrogens is 312 g/mol. The van der Waals surface area contributed by atoms with Crippen LogP contribution in [0.4, 0.5) is 0 Å². The van der Waals surface area contributed by atoms with Crippen LogP contribution in [0.3, 0.4) is 0 Å². The summed E-state index contributed by atoms with van der Waals surface area (Å²) in [4.78, 5) is 26.1. The second-order valence-corrected chi connectivity index (χ2v) is 6.55. The lowest BCUT2D eigenvalue weighted by atomic mass is 9.93. The maximum Gasteiger partial charge on any atom is 0.247 e. The van der Waals surface area contributed by atoms with Crippen molar-refractivity contribution in [2.24, 2.45) is 5.73 Å². The van der Waals surface area contributed by atoms with Gasteiger partial charge in [0.2, 0.25) is 11.8 Å². The van der Waals surface area contributed by atoms with Crippen LogP contribution in [0, 0.1) is 13.8 Å². The van der Waals surface area contributed by atoms with Gasteiger partial charge in [0, 0.05) is 19.0 Å². The quantitative estimate of drug-likeness (QED) is 0.877. The molecule has 0 saturated carbocycles. The molecule has 0 radical (unpaired) electrons. The SMILES string of the molecule is Cc1ccc(/C=C/C(=O)N2Cc3ccccc3CC2C(N)=O)c(C)c1. The van der Waals surface area contributed by atoms with Gasteiger partial charge in [0.05, 0.1) is 0 Å². The average Bonchev–Trinajstić information content (AvgIpc) is 2.59. The molecule has 0 saturated heterocycles. The highest BCUT2D eigenvalue weighted by atomic mass is 16.2. The van der Waals surface area contributed by atoms with Crippen molar-refractivity contribution < 1.29 is 9.59 Å². The molecule has 0 aromatic heterocycles. The Hall–Kier alpha value is -2.88. The number of nitrogens with two attached hydrogens (primary N) is 1. The molecule has 128 valence electrons. The van der Waals surface area contributed by atoms with Crippen molar-refractivity contribution in [1.82, 2.24) is 4.90 Å². The lowest BCUT2D eigenvalue weighted by Crippen LogP contribution is -2.50. The maximum atomic E-state index is 12.7. The highest BCUT2D eigenvalue weighted by molar-refractivity contribution is 5.95. The van der Waals surface area contributed by atoms with Crippen LogP contribution in [-0.2, 0) is 22.6 Å². The Bertz CT molecular complexity index is 855. The lowest BCUT2D eigenvalue weighted by molar-refractivity contribution is -0.136. The summed E-state index contributed by atoms with van der Waals surface area (Å²) in [6.45, 7) is 4.45. The molecule has 4 nitrogen and oxygen atoms in total. The van der Waals surface area contributed by atoms with Crippen molar-refractivity contribution >= 4 is 17.9 Å². The van der Waals surface area contributed by atoms with Gasteiger partial charge in [-0.15, -0.1) is 0 Å². The van der Waals surface area contributed by atoms with Gasteiger partial charge in [0.1, 0.15) is 6.04 Å². The average molecular weight is 334 g/mol. The van der Waals surface area contributed by atoms with Crippen LogP contribution >= 0.6 is 0 Å². The van der Waals surface area contributed by atoms with Gasteiger partial charge in [0.15, 0.2) is 0 Å². The summed E-state index contributed by atoms with van der Waals surface area (Å²) in [6, 6.07) is 13.3.